The minimum Gasteiger partial charge on any atom is -0.277 e. The number of nitrogens with one attached hydrogen (secondary N) is 1. The fourth-order valence-electron chi connectivity index (χ4n) is 1.28. The molecule has 0 radical (unpaired) electrons. The van der Waals surface area contributed by atoms with Gasteiger partial charge in [0.2, 0.25) is 0 Å². The van der Waals surface area contributed by atoms with Gasteiger partial charge in [0.1, 0.15) is 0 Å². The highest BCUT2D eigenvalue weighted by atomic mass is 35.5. The maximum Gasteiger partial charge on any atom is 0.156 e. The molecular weight excluding hydrogens is 255 g/mol. The van der Waals surface area contributed by atoms with Gasteiger partial charge in [0.15, 0.2) is 5.17 Å². The molecule has 2 aromatic rings. The van der Waals surface area contributed by atoms with Gasteiger partial charge in [-0.3, -0.25) is 5.43 Å². The molecule has 86 valence electrons. The maximum absolute atomic E-state index is 6.05. The Balaban J connectivity index is 2.10. The Kier molecular flexibility index (Phi) is 4.02. The van der Waals surface area contributed by atoms with Crippen LogP contribution in [0.1, 0.15) is 5.56 Å². The molecule has 0 bridgehead atoms. The molecule has 0 amide bonds. The van der Waals surface area contributed by atoms with E-state index in [-0.39, 0.29) is 0 Å². The number of nitrogens with zero attached hydrogens (tertiary/aromatic N) is 1. The molecule has 0 aliphatic rings. The monoisotopic (exact) mass is 264 g/mol. The third kappa shape index (κ3) is 3.48. The fourth-order valence-corrected chi connectivity index (χ4v) is 1.57. The van der Waals surface area contributed by atoms with Crippen LogP contribution in [0.15, 0.2) is 59.7 Å². The first-order chi connectivity index (χ1) is 8.25. The summed E-state index contributed by atoms with van der Waals surface area (Å²) in [7, 11) is 0. The molecule has 0 aromatic heterocycles. The Morgan fingerprint density at radius 3 is 2.24 bits per heavy atom. The van der Waals surface area contributed by atoms with Gasteiger partial charge in [0.25, 0.3) is 0 Å². The summed E-state index contributed by atoms with van der Waals surface area (Å²) in [4.78, 5) is 0. The number of hydrogen-bond donors (Lipinski definition) is 1. The third-order valence-electron chi connectivity index (χ3n) is 2.14. The van der Waals surface area contributed by atoms with Gasteiger partial charge in [-0.05, 0) is 24.3 Å². The molecule has 0 saturated carbocycles. The Labute approximate surface area is 110 Å². The Bertz CT molecular complexity index is 507. The van der Waals surface area contributed by atoms with E-state index < -0.39 is 0 Å². The quantitative estimate of drug-likeness (QED) is 0.647. The topological polar surface area (TPSA) is 24.4 Å². The van der Waals surface area contributed by atoms with Crippen molar-refractivity contribution in [1.82, 2.24) is 0 Å². The average molecular weight is 265 g/mol. The number of anilines is 1. The second kappa shape index (κ2) is 5.71. The highest BCUT2D eigenvalue weighted by molar-refractivity contribution is 6.69. The van der Waals surface area contributed by atoms with E-state index in [2.05, 4.69) is 10.5 Å². The minimum atomic E-state index is 0.394. The fraction of sp³-hybridized carbons (Fsp3) is 0. The Morgan fingerprint density at radius 1 is 0.941 bits per heavy atom. The van der Waals surface area contributed by atoms with E-state index >= 15 is 0 Å². The highest BCUT2D eigenvalue weighted by Crippen LogP contribution is 2.12. The van der Waals surface area contributed by atoms with Gasteiger partial charge in [-0.15, -0.1) is 0 Å². The molecule has 2 rings (SSSR count). The van der Waals surface area contributed by atoms with Crippen molar-refractivity contribution in [2.75, 3.05) is 5.43 Å². The van der Waals surface area contributed by atoms with E-state index in [4.69, 9.17) is 23.2 Å². The van der Waals surface area contributed by atoms with Crippen LogP contribution < -0.4 is 5.43 Å². The lowest BCUT2D eigenvalue weighted by Crippen LogP contribution is -1.96. The molecule has 17 heavy (non-hydrogen) atoms. The lowest BCUT2D eigenvalue weighted by Gasteiger charge is -2.01. The summed E-state index contributed by atoms with van der Waals surface area (Å²) < 4.78 is 0. The second-order valence-electron chi connectivity index (χ2n) is 3.39. The van der Waals surface area contributed by atoms with Crippen LogP contribution in [0.3, 0.4) is 0 Å². The summed E-state index contributed by atoms with van der Waals surface area (Å²) in [6, 6.07) is 16.8. The summed E-state index contributed by atoms with van der Waals surface area (Å²) in [5, 5.41) is 5.15. The van der Waals surface area contributed by atoms with E-state index in [1.807, 2.05) is 42.5 Å². The smallest absolute Gasteiger partial charge is 0.156 e. The number of benzene rings is 2. The highest BCUT2D eigenvalue weighted by Gasteiger charge is 1.99. The van der Waals surface area contributed by atoms with E-state index in [0.29, 0.717) is 10.2 Å². The van der Waals surface area contributed by atoms with Crippen molar-refractivity contribution in [3.05, 3.63) is 65.2 Å². The van der Waals surface area contributed by atoms with Crippen LogP contribution in [0.4, 0.5) is 5.69 Å². The van der Waals surface area contributed by atoms with Gasteiger partial charge in [-0.1, -0.05) is 53.5 Å². The normalized spacial score (nSPS) is 11.3. The molecule has 0 aliphatic carbocycles. The number of halogens is 2. The molecule has 0 fully saturated rings. The average Bonchev–Trinajstić information content (AvgIpc) is 2.38. The molecule has 0 unspecified atom stereocenters. The SMILES string of the molecule is ClC(=NNc1ccccc1)c1ccc(Cl)cc1. The molecule has 1 N–H and O–H groups in total. The van der Waals surface area contributed by atoms with Crippen molar-refractivity contribution in [3.8, 4) is 0 Å². The summed E-state index contributed by atoms with van der Waals surface area (Å²) in [5.74, 6) is 0. The van der Waals surface area contributed by atoms with E-state index in [1.54, 1.807) is 12.1 Å². The van der Waals surface area contributed by atoms with Crippen molar-refractivity contribution < 1.29 is 0 Å². The van der Waals surface area contributed by atoms with Gasteiger partial charge >= 0.3 is 0 Å². The summed E-state index contributed by atoms with van der Waals surface area (Å²) in [5.41, 5.74) is 4.59. The molecule has 2 nitrogen and oxygen atoms in total. The molecule has 0 heterocycles. The van der Waals surface area contributed by atoms with Crippen molar-refractivity contribution in [3.63, 3.8) is 0 Å². The Hall–Kier alpha value is -1.51. The number of hydrazone groups is 1. The standard InChI is InChI=1S/C13H10Cl2N2/c14-11-8-6-10(7-9-11)13(15)17-16-12-4-2-1-3-5-12/h1-9,16H. The van der Waals surface area contributed by atoms with Gasteiger partial charge in [0, 0.05) is 10.6 Å². The molecular formula is C13H10Cl2N2. The predicted octanol–water partition coefficient (Wildman–Crippen LogP) is 4.35. The summed E-state index contributed by atoms with van der Waals surface area (Å²) in [6.45, 7) is 0. The zero-order valence-corrected chi connectivity index (χ0v) is 10.4. The van der Waals surface area contributed by atoms with Gasteiger partial charge < -0.3 is 0 Å². The summed E-state index contributed by atoms with van der Waals surface area (Å²) >= 11 is 11.8. The van der Waals surface area contributed by atoms with Gasteiger partial charge in [-0.2, -0.15) is 5.10 Å². The summed E-state index contributed by atoms with van der Waals surface area (Å²) in [6.07, 6.45) is 0. The molecule has 2 aromatic carbocycles. The van der Waals surface area contributed by atoms with Gasteiger partial charge in [-0.25, -0.2) is 0 Å². The van der Waals surface area contributed by atoms with Crippen LogP contribution in [0.2, 0.25) is 5.02 Å². The lowest BCUT2D eigenvalue weighted by atomic mass is 10.2. The molecule has 0 atom stereocenters. The number of rotatable bonds is 3. The Morgan fingerprint density at radius 2 is 1.59 bits per heavy atom. The predicted molar refractivity (Wildman–Crippen MR) is 73.9 cm³/mol. The molecule has 0 saturated heterocycles. The molecule has 0 aliphatic heterocycles. The first kappa shape index (κ1) is 12.0. The largest absolute Gasteiger partial charge is 0.277 e. The number of para-hydroxylation sites is 1. The number of hydrogen-bond acceptors (Lipinski definition) is 2. The van der Waals surface area contributed by atoms with Crippen molar-refractivity contribution >= 4 is 34.1 Å². The first-order valence-corrected chi connectivity index (χ1v) is 5.81. The van der Waals surface area contributed by atoms with Crippen molar-refractivity contribution in [1.29, 1.82) is 0 Å². The van der Waals surface area contributed by atoms with Crippen LogP contribution >= 0.6 is 23.2 Å². The van der Waals surface area contributed by atoms with Crippen LogP contribution in [-0.4, -0.2) is 5.17 Å². The van der Waals surface area contributed by atoms with Gasteiger partial charge in [0.05, 0.1) is 5.69 Å². The van der Waals surface area contributed by atoms with Crippen molar-refractivity contribution in [2.24, 2.45) is 5.10 Å². The molecule has 0 spiro atoms. The minimum absolute atomic E-state index is 0.394. The van der Waals surface area contributed by atoms with Crippen LogP contribution in [0, 0.1) is 0 Å². The van der Waals surface area contributed by atoms with E-state index in [1.165, 1.54) is 0 Å². The van der Waals surface area contributed by atoms with E-state index in [0.717, 1.165) is 11.3 Å². The van der Waals surface area contributed by atoms with E-state index in [9.17, 15) is 0 Å². The van der Waals surface area contributed by atoms with Crippen LogP contribution in [0.5, 0.6) is 0 Å². The molecule has 4 heteroatoms. The zero-order chi connectivity index (χ0) is 12.1. The zero-order valence-electron chi connectivity index (χ0n) is 8.90. The van der Waals surface area contributed by atoms with Crippen LogP contribution in [-0.2, 0) is 0 Å². The van der Waals surface area contributed by atoms with Crippen molar-refractivity contribution in [2.45, 2.75) is 0 Å². The first-order valence-electron chi connectivity index (χ1n) is 5.06. The van der Waals surface area contributed by atoms with Crippen LogP contribution in [0.25, 0.3) is 0 Å². The third-order valence-corrected chi connectivity index (χ3v) is 2.69. The maximum atomic E-state index is 6.05. The lowest BCUT2D eigenvalue weighted by molar-refractivity contribution is 1.34. The second-order valence-corrected chi connectivity index (χ2v) is 4.18.